The Kier molecular flexibility index (Phi) is 1.70. The number of fused-ring (bicyclic) bond motifs is 1. The minimum Gasteiger partial charge on any atom is -0.478 e. The maximum absolute atomic E-state index is 10.6. The zero-order valence-corrected chi connectivity index (χ0v) is 7.19. The molecule has 0 atom stereocenters. The lowest BCUT2D eigenvalue weighted by Gasteiger charge is -1.99. The van der Waals surface area contributed by atoms with Crippen molar-refractivity contribution < 1.29 is 9.90 Å². The SMILES string of the molecule is O=C(O)c1cc(Cl)n2ccnc2c1. The van der Waals surface area contributed by atoms with Crippen LogP contribution in [0.5, 0.6) is 0 Å². The molecule has 0 spiro atoms. The summed E-state index contributed by atoms with van der Waals surface area (Å²) >= 11 is 5.81. The Morgan fingerprint density at radius 3 is 3.00 bits per heavy atom. The predicted octanol–water partition coefficient (Wildman–Crippen LogP) is 1.69. The van der Waals surface area contributed by atoms with Gasteiger partial charge in [0.2, 0.25) is 0 Å². The second-order valence-corrected chi connectivity index (χ2v) is 2.91. The summed E-state index contributed by atoms with van der Waals surface area (Å²) in [4.78, 5) is 14.6. The lowest BCUT2D eigenvalue weighted by atomic mass is 10.3. The average molecular weight is 197 g/mol. The molecule has 0 aliphatic rings. The minimum absolute atomic E-state index is 0.142. The molecular formula is C8H5ClN2O2. The van der Waals surface area contributed by atoms with E-state index in [9.17, 15) is 4.79 Å². The van der Waals surface area contributed by atoms with Gasteiger partial charge in [-0.05, 0) is 12.1 Å². The molecule has 2 aromatic heterocycles. The van der Waals surface area contributed by atoms with Crippen LogP contribution in [0.2, 0.25) is 5.15 Å². The van der Waals surface area contributed by atoms with E-state index < -0.39 is 5.97 Å². The number of carboxylic acid groups (broad SMARTS) is 1. The molecule has 0 fully saturated rings. The quantitative estimate of drug-likeness (QED) is 0.707. The van der Waals surface area contributed by atoms with Crippen LogP contribution in [0, 0.1) is 0 Å². The lowest BCUT2D eigenvalue weighted by Crippen LogP contribution is -1.98. The van der Waals surface area contributed by atoms with Gasteiger partial charge in [-0.2, -0.15) is 0 Å². The molecule has 4 nitrogen and oxygen atoms in total. The Hall–Kier alpha value is -1.55. The standard InChI is InChI=1S/C8H5ClN2O2/c9-6-3-5(8(12)13)4-7-10-1-2-11(6)7/h1-4H,(H,12,13). The molecule has 2 aromatic rings. The van der Waals surface area contributed by atoms with Crippen molar-refractivity contribution in [2.45, 2.75) is 0 Å². The zero-order valence-electron chi connectivity index (χ0n) is 6.44. The first-order chi connectivity index (χ1) is 6.18. The number of aromatic nitrogens is 2. The summed E-state index contributed by atoms with van der Waals surface area (Å²) < 4.78 is 1.61. The fourth-order valence-electron chi connectivity index (χ4n) is 1.10. The number of carboxylic acids is 1. The molecule has 0 saturated carbocycles. The number of hydrogen-bond acceptors (Lipinski definition) is 2. The largest absolute Gasteiger partial charge is 0.478 e. The minimum atomic E-state index is -1.01. The van der Waals surface area contributed by atoms with Crippen LogP contribution in [0.15, 0.2) is 24.5 Å². The molecule has 2 heterocycles. The summed E-state index contributed by atoms with van der Waals surface area (Å²) in [5.41, 5.74) is 0.675. The van der Waals surface area contributed by atoms with Gasteiger partial charge in [0, 0.05) is 12.4 Å². The monoisotopic (exact) mass is 196 g/mol. The van der Waals surface area contributed by atoms with Crippen LogP contribution in [0.1, 0.15) is 10.4 Å². The molecule has 0 unspecified atom stereocenters. The van der Waals surface area contributed by atoms with Crippen molar-refractivity contribution in [3.8, 4) is 0 Å². The van der Waals surface area contributed by atoms with Crippen molar-refractivity contribution in [2.75, 3.05) is 0 Å². The smallest absolute Gasteiger partial charge is 0.335 e. The predicted molar refractivity (Wildman–Crippen MR) is 47.2 cm³/mol. The van der Waals surface area contributed by atoms with Gasteiger partial charge in [0.05, 0.1) is 5.56 Å². The van der Waals surface area contributed by atoms with Gasteiger partial charge in [-0.25, -0.2) is 9.78 Å². The molecule has 0 aliphatic carbocycles. The molecular weight excluding hydrogens is 192 g/mol. The third-order valence-corrected chi connectivity index (χ3v) is 2.00. The van der Waals surface area contributed by atoms with E-state index >= 15 is 0 Å². The number of aromatic carboxylic acids is 1. The highest BCUT2D eigenvalue weighted by Crippen LogP contribution is 2.15. The number of pyridine rings is 1. The number of imidazole rings is 1. The maximum Gasteiger partial charge on any atom is 0.335 e. The normalized spacial score (nSPS) is 10.5. The van der Waals surface area contributed by atoms with Crippen molar-refractivity contribution in [3.63, 3.8) is 0 Å². The van der Waals surface area contributed by atoms with Crippen LogP contribution >= 0.6 is 11.6 Å². The summed E-state index contributed by atoms with van der Waals surface area (Å²) in [6.45, 7) is 0. The van der Waals surface area contributed by atoms with Gasteiger partial charge in [0.15, 0.2) is 0 Å². The van der Waals surface area contributed by atoms with Crippen molar-refractivity contribution in [2.24, 2.45) is 0 Å². The summed E-state index contributed by atoms with van der Waals surface area (Å²) in [5, 5.41) is 9.05. The Bertz CT molecular complexity index is 478. The molecule has 5 heteroatoms. The number of rotatable bonds is 1. The van der Waals surface area contributed by atoms with Crippen molar-refractivity contribution >= 4 is 23.2 Å². The van der Waals surface area contributed by atoms with Gasteiger partial charge in [0.25, 0.3) is 0 Å². The second kappa shape index (κ2) is 2.74. The molecule has 66 valence electrons. The number of halogens is 1. The topological polar surface area (TPSA) is 54.6 Å². The van der Waals surface area contributed by atoms with E-state index in [2.05, 4.69) is 4.98 Å². The highest BCUT2D eigenvalue weighted by Gasteiger charge is 2.07. The third kappa shape index (κ3) is 1.25. The summed E-state index contributed by atoms with van der Waals surface area (Å²) in [6.07, 6.45) is 3.23. The van der Waals surface area contributed by atoms with E-state index in [1.165, 1.54) is 12.1 Å². The first-order valence-corrected chi connectivity index (χ1v) is 3.92. The Balaban J connectivity index is 2.77. The van der Waals surface area contributed by atoms with Crippen LogP contribution in [0.3, 0.4) is 0 Å². The van der Waals surface area contributed by atoms with E-state index in [1.807, 2.05) is 0 Å². The highest BCUT2D eigenvalue weighted by atomic mass is 35.5. The van der Waals surface area contributed by atoms with Gasteiger partial charge < -0.3 is 5.11 Å². The van der Waals surface area contributed by atoms with Crippen molar-refractivity contribution in [3.05, 3.63) is 35.2 Å². The lowest BCUT2D eigenvalue weighted by molar-refractivity contribution is 0.0697. The molecule has 2 rings (SSSR count). The molecule has 0 aromatic carbocycles. The number of carbonyl (C=O) groups is 1. The van der Waals surface area contributed by atoms with Crippen LogP contribution < -0.4 is 0 Å². The Labute approximate surface area is 78.4 Å². The summed E-state index contributed by atoms with van der Waals surface area (Å²) in [6, 6.07) is 2.85. The van der Waals surface area contributed by atoms with Crippen molar-refractivity contribution in [1.82, 2.24) is 9.38 Å². The maximum atomic E-state index is 10.6. The first kappa shape index (κ1) is 8.07. The number of nitrogens with zero attached hydrogens (tertiary/aromatic N) is 2. The summed E-state index contributed by atoms with van der Waals surface area (Å²) in [5.74, 6) is -1.01. The Morgan fingerprint density at radius 1 is 1.54 bits per heavy atom. The highest BCUT2D eigenvalue weighted by molar-refractivity contribution is 6.30. The fraction of sp³-hybridized carbons (Fsp3) is 0. The molecule has 0 aliphatic heterocycles. The Morgan fingerprint density at radius 2 is 2.31 bits per heavy atom. The van der Waals surface area contributed by atoms with Gasteiger partial charge in [-0.1, -0.05) is 11.6 Å². The van der Waals surface area contributed by atoms with Gasteiger partial charge in [-0.15, -0.1) is 0 Å². The molecule has 0 radical (unpaired) electrons. The van der Waals surface area contributed by atoms with E-state index in [-0.39, 0.29) is 5.56 Å². The summed E-state index contributed by atoms with van der Waals surface area (Å²) in [7, 11) is 0. The van der Waals surface area contributed by atoms with E-state index in [1.54, 1.807) is 16.8 Å². The second-order valence-electron chi connectivity index (χ2n) is 2.53. The van der Waals surface area contributed by atoms with Gasteiger partial charge >= 0.3 is 5.97 Å². The molecule has 1 N–H and O–H groups in total. The first-order valence-electron chi connectivity index (χ1n) is 3.54. The fourth-order valence-corrected chi connectivity index (χ4v) is 1.36. The molecule has 0 saturated heterocycles. The molecule has 0 bridgehead atoms. The van der Waals surface area contributed by atoms with E-state index in [0.29, 0.717) is 10.8 Å². The average Bonchev–Trinajstić information content (AvgIpc) is 2.51. The van der Waals surface area contributed by atoms with E-state index in [0.717, 1.165) is 0 Å². The van der Waals surface area contributed by atoms with Gasteiger partial charge in [-0.3, -0.25) is 4.40 Å². The van der Waals surface area contributed by atoms with E-state index in [4.69, 9.17) is 16.7 Å². The zero-order chi connectivity index (χ0) is 9.42. The number of hydrogen-bond donors (Lipinski definition) is 1. The third-order valence-electron chi connectivity index (χ3n) is 1.71. The molecule has 0 amide bonds. The van der Waals surface area contributed by atoms with Crippen LogP contribution in [-0.2, 0) is 0 Å². The van der Waals surface area contributed by atoms with Crippen LogP contribution in [-0.4, -0.2) is 20.5 Å². The van der Waals surface area contributed by atoms with Crippen molar-refractivity contribution in [1.29, 1.82) is 0 Å². The van der Waals surface area contributed by atoms with Gasteiger partial charge in [0.1, 0.15) is 10.8 Å². The van der Waals surface area contributed by atoms with Crippen LogP contribution in [0.4, 0.5) is 0 Å². The molecule has 13 heavy (non-hydrogen) atoms. The van der Waals surface area contributed by atoms with Crippen LogP contribution in [0.25, 0.3) is 5.65 Å².